The Labute approximate surface area is 210 Å². The number of halogens is 2. The third kappa shape index (κ3) is 5.32. The quantitative estimate of drug-likeness (QED) is 0.469. The van der Waals surface area contributed by atoms with E-state index in [-0.39, 0.29) is 28.1 Å². The van der Waals surface area contributed by atoms with Crippen molar-refractivity contribution in [1.82, 2.24) is 4.90 Å². The van der Waals surface area contributed by atoms with Crippen LogP contribution >= 0.6 is 23.2 Å². The Balaban J connectivity index is 1.54. The van der Waals surface area contributed by atoms with E-state index in [2.05, 4.69) is 4.90 Å². The summed E-state index contributed by atoms with van der Waals surface area (Å²) in [6, 6.07) is 20.8. The van der Waals surface area contributed by atoms with Crippen molar-refractivity contribution in [3.05, 3.63) is 88.4 Å². The average molecular weight is 518 g/mol. The van der Waals surface area contributed by atoms with Crippen molar-refractivity contribution < 1.29 is 13.2 Å². The van der Waals surface area contributed by atoms with E-state index in [0.717, 1.165) is 15.6 Å². The topological polar surface area (TPSA) is 60.9 Å². The number of hydrogen-bond donors (Lipinski definition) is 0. The lowest BCUT2D eigenvalue weighted by atomic mass is 10.2. The van der Waals surface area contributed by atoms with Crippen LogP contribution in [0.5, 0.6) is 0 Å². The average Bonchev–Trinajstić information content (AvgIpc) is 2.83. The molecule has 1 fully saturated rings. The van der Waals surface area contributed by atoms with E-state index >= 15 is 0 Å². The van der Waals surface area contributed by atoms with Crippen molar-refractivity contribution in [2.45, 2.75) is 11.8 Å². The molecule has 0 unspecified atom stereocenters. The number of para-hydroxylation sites is 1. The number of carbonyl (C=O) groups excluding carboxylic acids is 1. The third-order valence-electron chi connectivity index (χ3n) is 5.81. The molecule has 0 aromatic heterocycles. The lowest BCUT2D eigenvalue weighted by Crippen LogP contribution is -2.52. The van der Waals surface area contributed by atoms with Crippen LogP contribution in [-0.4, -0.2) is 51.9 Å². The Hall–Kier alpha value is -2.74. The van der Waals surface area contributed by atoms with Crippen molar-refractivity contribution in [1.29, 1.82) is 0 Å². The second-order valence-corrected chi connectivity index (χ2v) is 10.8. The fourth-order valence-electron chi connectivity index (χ4n) is 3.90. The summed E-state index contributed by atoms with van der Waals surface area (Å²) < 4.78 is 28.2. The van der Waals surface area contributed by atoms with E-state index in [9.17, 15) is 13.2 Å². The van der Waals surface area contributed by atoms with Gasteiger partial charge in [0.1, 0.15) is 6.54 Å². The molecule has 0 N–H and O–H groups in total. The number of anilines is 2. The van der Waals surface area contributed by atoms with Crippen LogP contribution in [0.2, 0.25) is 10.0 Å². The number of carbonyl (C=O) groups is 1. The van der Waals surface area contributed by atoms with Gasteiger partial charge in [0.2, 0.25) is 5.91 Å². The van der Waals surface area contributed by atoms with E-state index in [4.69, 9.17) is 23.2 Å². The summed E-state index contributed by atoms with van der Waals surface area (Å²) in [5.74, 6) is -0.277. The molecule has 6 nitrogen and oxygen atoms in total. The second kappa shape index (κ2) is 10.3. The van der Waals surface area contributed by atoms with E-state index in [1.807, 2.05) is 31.2 Å². The minimum Gasteiger partial charge on any atom is -0.368 e. The summed E-state index contributed by atoms with van der Waals surface area (Å²) in [5.41, 5.74) is 2.21. The SMILES string of the molecule is Cc1ccc(S(=O)(=O)N(CC(=O)N2CCN(c3cccc(Cl)c3)CC2)c2ccccc2Cl)cc1. The van der Waals surface area contributed by atoms with Gasteiger partial charge in [0, 0.05) is 36.9 Å². The van der Waals surface area contributed by atoms with Gasteiger partial charge in [-0.2, -0.15) is 0 Å². The lowest BCUT2D eigenvalue weighted by Gasteiger charge is -2.37. The van der Waals surface area contributed by atoms with E-state index in [0.29, 0.717) is 31.2 Å². The molecular weight excluding hydrogens is 493 g/mol. The molecule has 4 rings (SSSR count). The normalized spacial score (nSPS) is 14.2. The molecule has 178 valence electrons. The van der Waals surface area contributed by atoms with Crippen molar-refractivity contribution >= 4 is 50.5 Å². The van der Waals surface area contributed by atoms with Gasteiger partial charge < -0.3 is 9.80 Å². The van der Waals surface area contributed by atoms with Crippen LogP contribution in [0.25, 0.3) is 0 Å². The third-order valence-corrected chi connectivity index (χ3v) is 8.14. The van der Waals surface area contributed by atoms with Gasteiger partial charge in [-0.1, -0.05) is 59.1 Å². The fraction of sp³-hybridized carbons (Fsp3) is 0.240. The first-order valence-electron chi connectivity index (χ1n) is 10.9. The van der Waals surface area contributed by atoms with E-state index in [1.165, 1.54) is 0 Å². The monoisotopic (exact) mass is 517 g/mol. The first-order chi connectivity index (χ1) is 16.3. The first-order valence-corrected chi connectivity index (χ1v) is 13.1. The van der Waals surface area contributed by atoms with Crippen molar-refractivity contribution in [2.75, 3.05) is 41.9 Å². The number of amides is 1. The molecule has 9 heteroatoms. The van der Waals surface area contributed by atoms with Crippen LogP contribution in [0.4, 0.5) is 11.4 Å². The molecule has 0 saturated carbocycles. The summed E-state index contributed by atoms with van der Waals surface area (Å²) in [5, 5.41) is 0.921. The van der Waals surface area contributed by atoms with Crippen LogP contribution in [0.1, 0.15) is 5.56 Å². The Kier molecular flexibility index (Phi) is 7.36. The van der Waals surface area contributed by atoms with Crippen LogP contribution in [0.3, 0.4) is 0 Å². The molecule has 3 aromatic rings. The summed E-state index contributed by atoms with van der Waals surface area (Å²) in [4.78, 5) is 17.2. The molecule has 0 bridgehead atoms. The highest BCUT2D eigenvalue weighted by molar-refractivity contribution is 7.92. The van der Waals surface area contributed by atoms with Gasteiger partial charge in [-0.3, -0.25) is 9.10 Å². The van der Waals surface area contributed by atoms with Crippen LogP contribution in [0, 0.1) is 6.92 Å². The van der Waals surface area contributed by atoms with Gasteiger partial charge >= 0.3 is 0 Å². The fourth-order valence-corrected chi connectivity index (χ4v) is 5.81. The van der Waals surface area contributed by atoms with Gasteiger partial charge in [0.15, 0.2) is 0 Å². The predicted octanol–water partition coefficient (Wildman–Crippen LogP) is 4.85. The molecule has 0 aliphatic carbocycles. The smallest absolute Gasteiger partial charge is 0.264 e. The van der Waals surface area contributed by atoms with Gasteiger partial charge in [-0.25, -0.2) is 8.42 Å². The van der Waals surface area contributed by atoms with Crippen molar-refractivity contribution in [3.8, 4) is 0 Å². The zero-order chi connectivity index (χ0) is 24.3. The summed E-state index contributed by atoms with van der Waals surface area (Å²) >= 11 is 12.5. The zero-order valence-corrected chi connectivity index (χ0v) is 21.0. The van der Waals surface area contributed by atoms with Crippen LogP contribution in [0.15, 0.2) is 77.7 Å². The predicted molar refractivity (Wildman–Crippen MR) is 137 cm³/mol. The van der Waals surface area contributed by atoms with Gasteiger partial charge in [0.25, 0.3) is 10.0 Å². The lowest BCUT2D eigenvalue weighted by molar-refractivity contribution is -0.129. The maximum atomic E-state index is 13.6. The van der Waals surface area contributed by atoms with Crippen LogP contribution in [-0.2, 0) is 14.8 Å². The van der Waals surface area contributed by atoms with Gasteiger partial charge in [0.05, 0.1) is 15.6 Å². The maximum absolute atomic E-state index is 13.6. The molecule has 1 amide bonds. The summed E-state index contributed by atoms with van der Waals surface area (Å²) in [7, 11) is -4.01. The Morgan fingerprint density at radius 2 is 1.59 bits per heavy atom. The van der Waals surface area contributed by atoms with E-state index < -0.39 is 10.0 Å². The zero-order valence-electron chi connectivity index (χ0n) is 18.7. The maximum Gasteiger partial charge on any atom is 0.264 e. The molecule has 0 spiro atoms. The number of hydrogen-bond acceptors (Lipinski definition) is 4. The largest absolute Gasteiger partial charge is 0.368 e. The minimum atomic E-state index is -4.01. The van der Waals surface area contributed by atoms with Crippen molar-refractivity contribution in [3.63, 3.8) is 0 Å². The Bertz CT molecular complexity index is 1270. The van der Waals surface area contributed by atoms with Crippen molar-refractivity contribution in [2.24, 2.45) is 0 Å². The molecular formula is C25H25Cl2N3O3S. The Morgan fingerprint density at radius 3 is 2.24 bits per heavy atom. The molecule has 0 radical (unpaired) electrons. The number of aryl methyl sites for hydroxylation is 1. The van der Waals surface area contributed by atoms with Crippen LogP contribution < -0.4 is 9.21 Å². The van der Waals surface area contributed by atoms with E-state index in [1.54, 1.807) is 53.4 Å². The molecule has 1 aliphatic rings. The van der Waals surface area contributed by atoms with Gasteiger partial charge in [-0.05, 0) is 49.4 Å². The minimum absolute atomic E-state index is 0.108. The molecule has 1 saturated heterocycles. The highest BCUT2D eigenvalue weighted by Crippen LogP contribution is 2.30. The molecule has 0 atom stereocenters. The number of rotatable bonds is 6. The Morgan fingerprint density at radius 1 is 0.912 bits per heavy atom. The number of nitrogens with zero attached hydrogens (tertiary/aromatic N) is 3. The molecule has 1 heterocycles. The number of benzene rings is 3. The number of sulfonamides is 1. The molecule has 3 aromatic carbocycles. The first kappa shape index (κ1) is 24.4. The molecule has 34 heavy (non-hydrogen) atoms. The van der Waals surface area contributed by atoms with Gasteiger partial charge in [-0.15, -0.1) is 0 Å². The second-order valence-electron chi connectivity index (χ2n) is 8.12. The molecule has 1 aliphatic heterocycles. The standard InChI is InChI=1S/C25H25Cl2N3O3S/c1-19-9-11-22(12-10-19)34(32,33)30(24-8-3-2-7-23(24)27)18-25(31)29-15-13-28(14-16-29)21-6-4-5-20(26)17-21/h2-12,17H,13-16,18H2,1H3. The summed E-state index contributed by atoms with van der Waals surface area (Å²) in [6.07, 6.45) is 0. The summed E-state index contributed by atoms with van der Waals surface area (Å²) in [6.45, 7) is 3.76. The number of piperazine rings is 1. The highest BCUT2D eigenvalue weighted by Gasteiger charge is 2.31. The highest BCUT2D eigenvalue weighted by atomic mass is 35.5.